The van der Waals surface area contributed by atoms with E-state index in [0.717, 1.165) is 44.9 Å². The van der Waals surface area contributed by atoms with Gasteiger partial charge in [0.05, 0.1) is 5.38 Å². The molecule has 0 radical (unpaired) electrons. The van der Waals surface area contributed by atoms with Gasteiger partial charge in [0.25, 0.3) is 5.91 Å². The second kappa shape index (κ2) is 11.7. The number of nitrogens with zero attached hydrogens (tertiary/aromatic N) is 3. The van der Waals surface area contributed by atoms with Crippen LogP contribution in [0.2, 0.25) is 0 Å². The molecule has 3 unspecified atom stereocenters. The van der Waals surface area contributed by atoms with Gasteiger partial charge < -0.3 is 14.7 Å². The number of halogens is 3. The smallest absolute Gasteiger partial charge is 0.250 e. The van der Waals surface area contributed by atoms with E-state index in [1.807, 2.05) is 0 Å². The minimum absolute atomic E-state index is 0.143. The molecule has 3 amide bonds. The lowest BCUT2D eigenvalue weighted by Gasteiger charge is -2.56. The van der Waals surface area contributed by atoms with E-state index in [4.69, 9.17) is 11.6 Å². The lowest BCUT2D eigenvalue weighted by Crippen LogP contribution is -2.76. The number of hydrogen-bond acceptors (Lipinski definition) is 4. The first-order valence-electron chi connectivity index (χ1n) is 14.4. The van der Waals surface area contributed by atoms with Gasteiger partial charge in [-0.3, -0.25) is 19.7 Å². The van der Waals surface area contributed by atoms with Crippen molar-refractivity contribution in [2.45, 2.75) is 94.0 Å². The predicted molar refractivity (Wildman–Crippen MR) is 144 cm³/mol. The van der Waals surface area contributed by atoms with Gasteiger partial charge in [0.2, 0.25) is 12.3 Å². The first-order chi connectivity index (χ1) is 18.8. The maximum Gasteiger partial charge on any atom is 0.250 e. The Bertz CT molecular complexity index is 1040. The van der Waals surface area contributed by atoms with Gasteiger partial charge in [-0.25, -0.2) is 8.78 Å². The first-order valence-corrected chi connectivity index (χ1v) is 14.8. The Morgan fingerprint density at radius 3 is 2.21 bits per heavy atom. The highest BCUT2D eigenvalue weighted by molar-refractivity contribution is 6.21. The molecule has 1 saturated carbocycles. The van der Waals surface area contributed by atoms with Crippen molar-refractivity contribution < 1.29 is 23.2 Å². The average Bonchev–Trinajstić information content (AvgIpc) is 3.07. The van der Waals surface area contributed by atoms with E-state index in [2.05, 4.69) is 5.32 Å². The van der Waals surface area contributed by atoms with Gasteiger partial charge in [-0.1, -0.05) is 50.7 Å². The molecule has 5 rings (SSSR count). The molecule has 4 aliphatic rings. The quantitative estimate of drug-likeness (QED) is 0.443. The number of benzene rings is 1. The Labute approximate surface area is 234 Å². The van der Waals surface area contributed by atoms with Crippen molar-refractivity contribution in [3.05, 3.63) is 35.6 Å². The summed E-state index contributed by atoms with van der Waals surface area (Å²) in [4.78, 5) is 44.2. The molecule has 214 valence electrons. The molecule has 1 N–H and O–H groups in total. The second-order valence-corrected chi connectivity index (χ2v) is 12.3. The summed E-state index contributed by atoms with van der Waals surface area (Å²) in [5.41, 5.74) is -1.24. The molecule has 7 nitrogen and oxygen atoms in total. The first kappa shape index (κ1) is 28.3. The van der Waals surface area contributed by atoms with Crippen molar-refractivity contribution >= 4 is 29.8 Å². The summed E-state index contributed by atoms with van der Waals surface area (Å²) >= 11 is 6.85. The van der Waals surface area contributed by atoms with Gasteiger partial charge >= 0.3 is 0 Å². The third-order valence-electron chi connectivity index (χ3n) is 9.64. The third kappa shape index (κ3) is 5.29. The van der Waals surface area contributed by atoms with E-state index >= 15 is 4.39 Å². The van der Waals surface area contributed by atoms with Crippen molar-refractivity contribution in [2.24, 2.45) is 5.41 Å². The zero-order valence-corrected chi connectivity index (χ0v) is 23.2. The van der Waals surface area contributed by atoms with Gasteiger partial charge in [-0.05, 0) is 43.4 Å². The van der Waals surface area contributed by atoms with Crippen LogP contribution in [0, 0.1) is 11.2 Å². The number of likely N-dealkylation sites (tertiary alicyclic amines) is 1. The largest absolute Gasteiger partial charge is 0.345 e. The number of alkyl halides is 2. The molecule has 0 aromatic heterocycles. The number of carbonyl (C=O) groups is 3. The van der Waals surface area contributed by atoms with E-state index in [1.165, 1.54) is 17.0 Å². The highest BCUT2D eigenvalue weighted by atomic mass is 35.5. The van der Waals surface area contributed by atoms with E-state index < -0.39 is 28.7 Å². The van der Waals surface area contributed by atoms with Gasteiger partial charge in [0.1, 0.15) is 30.2 Å². The number of hydrogen-bond donors (Lipinski definition) is 1. The normalized spacial score (nSPS) is 29.7. The minimum Gasteiger partial charge on any atom is -0.345 e. The molecule has 3 aliphatic heterocycles. The van der Waals surface area contributed by atoms with Crippen LogP contribution < -0.4 is 5.32 Å². The summed E-state index contributed by atoms with van der Waals surface area (Å²) in [5.74, 6) is -0.945. The fourth-order valence-corrected chi connectivity index (χ4v) is 7.69. The van der Waals surface area contributed by atoms with Crippen molar-refractivity contribution in [2.75, 3.05) is 26.2 Å². The molecule has 1 aliphatic carbocycles. The van der Waals surface area contributed by atoms with Crippen LogP contribution >= 0.6 is 11.6 Å². The summed E-state index contributed by atoms with van der Waals surface area (Å²) in [5, 5.41) is 2.80. The lowest BCUT2D eigenvalue weighted by molar-refractivity contribution is -0.178. The number of carbonyl (C=O) groups excluding carboxylic acids is 3. The molecule has 1 aromatic carbocycles. The van der Waals surface area contributed by atoms with Crippen LogP contribution in [0.5, 0.6) is 0 Å². The number of amides is 3. The molecular weight excluding hydrogens is 526 g/mol. The molecule has 39 heavy (non-hydrogen) atoms. The van der Waals surface area contributed by atoms with Gasteiger partial charge in [-0.2, -0.15) is 0 Å². The molecule has 3 saturated heterocycles. The summed E-state index contributed by atoms with van der Waals surface area (Å²) in [7, 11) is 0. The molecule has 0 bridgehead atoms. The van der Waals surface area contributed by atoms with Crippen molar-refractivity contribution in [3.8, 4) is 0 Å². The zero-order valence-electron chi connectivity index (χ0n) is 22.4. The highest BCUT2D eigenvalue weighted by Gasteiger charge is 2.59. The molecular formula is C29H39ClF2N4O3. The Hall–Kier alpha value is -2.26. The summed E-state index contributed by atoms with van der Waals surface area (Å²) in [6.45, 7) is 0.920. The number of piperazine rings is 1. The molecule has 4 fully saturated rings. The standard InChI is InChI=1S/C29H39ClF2N4O3/c30-23-17-33-26(25(32)28(23)11-5-3-1-2-4-6-12-28)35-19-24(38)36(18-21-7-9-22(31)10-8-21)29(27(35)39)13-15-34(20-37)16-14-29/h7-10,20,23,25-26,33H,1-6,11-19H2. The number of piperidine rings is 2. The Morgan fingerprint density at radius 2 is 1.59 bits per heavy atom. The van der Waals surface area contributed by atoms with E-state index in [0.29, 0.717) is 38.0 Å². The van der Waals surface area contributed by atoms with E-state index in [1.54, 1.807) is 21.9 Å². The van der Waals surface area contributed by atoms with Crippen LogP contribution in [0.15, 0.2) is 24.3 Å². The van der Waals surface area contributed by atoms with Crippen molar-refractivity contribution in [3.63, 3.8) is 0 Å². The number of rotatable bonds is 4. The van der Waals surface area contributed by atoms with Crippen LogP contribution in [0.1, 0.15) is 69.8 Å². The van der Waals surface area contributed by atoms with Crippen LogP contribution in [0.4, 0.5) is 8.78 Å². The maximum absolute atomic E-state index is 16.8. The topological polar surface area (TPSA) is 73.0 Å². The summed E-state index contributed by atoms with van der Waals surface area (Å²) in [6.07, 6.45) is 6.48. The van der Waals surface area contributed by atoms with Crippen molar-refractivity contribution in [1.82, 2.24) is 20.0 Å². The Balaban J connectivity index is 1.45. The summed E-state index contributed by atoms with van der Waals surface area (Å²) in [6, 6.07) is 5.88. The third-order valence-corrected chi connectivity index (χ3v) is 10.2. The maximum atomic E-state index is 16.8. The molecule has 10 heteroatoms. The van der Waals surface area contributed by atoms with Crippen LogP contribution in [0.3, 0.4) is 0 Å². The second-order valence-electron chi connectivity index (χ2n) is 11.8. The highest BCUT2D eigenvalue weighted by Crippen LogP contribution is 2.48. The minimum atomic E-state index is -1.40. The van der Waals surface area contributed by atoms with Crippen LogP contribution in [-0.2, 0) is 20.9 Å². The SMILES string of the molecule is O=CN1CCC2(CC1)C(=O)N(C1NCC(Cl)C3(CCCCCCCC3)C1F)CC(=O)N2Cc1ccc(F)cc1. The zero-order chi connectivity index (χ0) is 27.6. The monoisotopic (exact) mass is 564 g/mol. The van der Waals surface area contributed by atoms with Crippen molar-refractivity contribution in [1.29, 1.82) is 0 Å². The van der Waals surface area contributed by atoms with E-state index in [-0.39, 0.29) is 43.6 Å². The van der Waals surface area contributed by atoms with E-state index in [9.17, 15) is 18.8 Å². The fourth-order valence-electron chi connectivity index (χ4n) is 7.26. The predicted octanol–water partition coefficient (Wildman–Crippen LogP) is 3.98. The summed E-state index contributed by atoms with van der Waals surface area (Å²) < 4.78 is 30.3. The molecule has 3 heterocycles. The van der Waals surface area contributed by atoms with Crippen LogP contribution in [0.25, 0.3) is 0 Å². The fraction of sp³-hybridized carbons (Fsp3) is 0.690. The van der Waals surface area contributed by atoms with Gasteiger partial charge in [-0.15, -0.1) is 11.6 Å². The van der Waals surface area contributed by atoms with Crippen LogP contribution in [-0.4, -0.2) is 82.4 Å². The van der Waals surface area contributed by atoms with Gasteiger partial charge in [0, 0.05) is 31.6 Å². The molecule has 3 atom stereocenters. The average molecular weight is 565 g/mol. The molecule has 1 aromatic rings. The van der Waals surface area contributed by atoms with Gasteiger partial charge in [0.15, 0.2) is 0 Å². The molecule has 2 spiro atoms. The Morgan fingerprint density at radius 1 is 0.974 bits per heavy atom. The number of nitrogens with one attached hydrogen (secondary N) is 1. The Kier molecular flexibility index (Phi) is 8.48. The lowest BCUT2D eigenvalue weighted by atomic mass is 9.68.